The van der Waals surface area contributed by atoms with Crippen LogP contribution in [0.4, 0.5) is 0 Å². The molecule has 0 spiro atoms. The van der Waals surface area contributed by atoms with Crippen molar-refractivity contribution in [2.24, 2.45) is 7.05 Å². The number of benzene rings is 1. The molecule has 0 aliphatic heterocycles. The lowest BCUT2D eigenvalue weighted by molar-refractivity contribution is 0.368. The van der Waals surface area contributed by atoms with E-state index in [1.54, 1.807) is 6.33 Å². The zero-order chi connectivity index (χ0) is 14.7. The van der Waals surface area contributed by atoms with E-state index >= 15 is 0 Å². The summed E-state index contributed by atoms with van der Waals surface area (Å²) >= 11 is 1.86. The maximum absolute atomic E-state index is 4.36. The molecule has 1 aromatic carbocycles. The van der Waals surface area contributed by atoms with Crippen LogP contribution in [-0.2, 0) is 7.05 Å². The highest BCUT2D eigenvalue weighted by atomic mass is 32.2. The van der Waals surface area contributed by atoms with Crippen LogP contribution in [0.15, 0.2) is 41.8 Å². The van der Waals surface area contributed by atoms with E-state index < -0.39 is 0 Å². The van der Waals surface area contributed by atoms with Crippen molar-refractivity contribution in [3.63, 3.8) is 0 Å². The van der Waals surface area contributed by atoms with Crippen LogP contribution in [0.3, 0.4) is 0 Å². The number of rotatable bonds is 4. The summed E-state index contributed by atoms with van der Waals surface area (Å²) in [6.45, 7) is 0. The minimum Gasteiger partial charge on any atom is -0.316 e. The van der Waals surface area contributed by atoms with Gasteiger partial charge in [-0.05, 0) is 37.8 Å². The molecule has 1 aromatic heterocycles. The van der Waals surface area contributed by atoms with Crippen molar-refractivity contribution >= 4 is 11.8 Å². The zero-order valence-corrected chi connectivity index (χ0v) is 13.4. The summed E-state index contributed by atoms with van der Waals surface area (Å²) in [6.07, 6.45) is 5.29. The average molecular weight is 302 g/mol. The maximum Gasteiger partial charge on any atom is 0.186 e. The number of hydrogen-bond acceptors (Lipinski definition) is 4. The Bertz CT molecular complexity index is 569. The van der Waals surface area contributed by atoms with Crippen LogP contribution in [0, 0.1) is 0 Å². The van der Waals surface area contributed by atoms with Crippen LogP contribution in [0.5, 0.6) is 0 Å². The predicted molar refractivity (Wildman–Crippen MR) is 86.5 cm³/mol. The number of nitrogens with zero attached hydrogens (tertiary/aromatic N) is 3. The Hall–Kier alpha value is -1.33. The van der Waals surface area contributed by atoms with Gasteiger partial charge in [-0.3, -0.25) is 0 Å². The van der Waals surface area contributed by atoms with Crippen LogP contribution in [0.1, 0.15) is 30.7 Å². The molecular weight excluding hydrogens is 280 g/mol. The van der Waals surface area contributed by atoms with Crippen molar-refractivity contribution in [3.05, 3.63) is 42.2 Å². The molecule has 1 heterocycles. The number of thioether (sulfide) groups is 1. The van der Waals surface area contributed by atoms with Gasteiger partial charge in [0.05, 0.1) is 0 Å². The van der Waals surface area contributed by atoms with Gasteiger partial charge in [0.15, 0.2) is 5.16 Å². The highest BCUT2D eigenvalue weighted by Crippen LogP contribution is 2.40. The Morgan fingerprint density at radius 2 is 2.05 bits per heavy atom. The molecular formula is C16H22N4S. The van der Waals surface area contributed by atoms with Gasteiger partial charge in [0.1, 0.15) is 6.33 Å². The van der Waals surface area contributed by atoms with E-state index in [4.69, 9.17) is 0 Å². The Labute approximate surface area is 130 Å². The summed E-state index contributed by atoms with van der Waals surface area (Å²) in [5.74, 6) is 0.654. The van der Waals surface area contributed by atoms with Crippen molar-refractivity contribution in [1.29, 1.82) is 0 Å². The molecule has 3 atom stereocenters. The quantitative estimate of drug-likeness (QED) is 0.943. The van der Waals surface area contributed by atoms with E-state index in [-0.39, 0.29) is 0 Å². The molecule has 1 aliphatic carbocycles. The van der Waals surface area contributed by atoms with Gasteiger partial charge < -0.3 is 5.32 Å². The third-order valence-electron chi connectivity index (χ3n) is 4.36. The SMILES string of the molecule is CNC1CCC(c2ccccc2)CC1Sc1ncnn1C. The zero-order valence-electron chi connectivity index (χ0n) is 12.6. The number of aryl methyl sites for hydroxylation is 1. The van der Waals surface area contributed by atoms with Gasteiger partial charge in [-0.2, -0.15) is 5.10 Å². The fourth-order valence-electron chi connectivity index (χ4n) is 3.15. The van der Waals surface area contributed by atoms with Gasteiger partial charge in [0.2, 0.25) is 0 Å². The topological polar surface area (TPSA) is 42.7 Å². The van der Waals surface area contributed by atoms with Crippen LogP contribution >= 0.6 is 11.8 Å². The average Bonchev–Trinajstić information content (AvgIpc) is 2.93. The highest BCUT2D eigenvalue weighted by molar-refractivity contribution is 7.99. The Balaban J connectivity index is 1.74. The monoisotopic (exact) mass is 302 g/mol. The highest BCUT2D eigenvalue weighted by Gasteiger charge is 2.31. The standard InChI is InChI=1S/C16H22N4S/c1-17-14-9-8-13(12-6-4-3-5-7-12)10-15(14)21-16-18-11-19-20(16)2/h3-7,11,13-15,17H,8-10H2,1-2H3. The van der Waals surface area contributed by atoms with Crippen LogP contribution in [0.25, 0.3) is 0 Å². The molecule has 0 bridgehead atoms. The van der Waals surface area contributed by atoms with Gasteiger partial charge in [0.25, 0.3) is 0 Å². The fraction of sp³-hybridized carbons (Fsp3) is 0.500. The van der Waals surface area contributed by atoms with Crippen LogP contribution in [0.2, 0.25) is 0 Å². The van der Waals surface area contributed by atoms with E-state index in [1.807, 2.05) is 23.5 Å². The Kier molecular flexibility index (Phi) is 4.60. The third-order valence-corrected chi connectivity index (χ3v) is 5.76. The largest absolute Gasteiger partial charge is 0.316 e. The second kappa shape index (κ2) is 6.62. The molecule has 1 saturated carbocycles. The molecule has 1 fully saturated rings. The smallest absolute Gasteiger partial charge is 0.186 e. The number of nitrogens with one attached hydrogen (secondary N) is 1. The lowest BCUT2D eigenvalue weighted by Gasteiger charge is -2.35. The minimum absolute atomic E-state index is 0.539. The van der Waals surface area contributed by atoms with Crippen molar-refractivity contribution in [3.8, 4) is 0 Å². The lowest BCUT2D eigenvalue weighted by atomic mass is 9.81. The summed E-state index contributed by atoms with van der Waals surface area (Å²) in [5, 5.41) is 9.20. The first-order valence-electron chi connectivity index (χ1n) is 7.51. The molecule has 1 N–H and O–H groups in total. The van der Waals surface area contributed by atoms with Crippen LogP contribution < -0.4 is 5.32 Å². The molecule has 3 rings (SSSR count). The van der Waals surface area contributed by atoms with Crippen molar-refractivity contribution in [2.75, 3.05) is 7.05 Å². The molecule has 4 nitrogen and oxygen atoms in total. The molecule has 21 heavy (non-hydrogen) atoms. The van der Waals surface area contributed by atoms with Gasteiger partial charge >= 0.3 is 0 Å². The first-order valence-corrected chi connectivity index (χ1v) is 8.38. The molecule has 112 valence electrons. The van der Waals surface area contributed by atoms with Gasteiger partial charge in [-0.1, -0.05) is 42.1 Å². The van der Waals surface area contributed by atoms with E-state index in [9.17, 15) is 0 Å². The first kappa shape index (κ1) is 14.6. The first-order chi connectivity index (χ1) is 10.3. The summed E-state index contributed by atoms with van der Waals surface area (Å²) in [7, 11) is 4.03. The third kappa shape index (κ3) is 3.30. The second-order valence-electron chi connectivity index (χ2n) is 5.64. The maximum atomic E-state index is 4.36. The molecule has 1 aliphatic rings. The molecule has 5 heteroatoms. The van der Waals surface area contributed by atoms with Crippen molar-refractivity contribution in [2.45, 2.75) is 41.6 Å². The number of hydrogen-bond donors (Lipinski definition) is 1. The molecule has 0 amide bonds. The van der Waals surface area contributed by atoms with Crippen molar-refractivity contribution < 1.29 is 0 Å². The van der Waals surface area contributed by atoms with E-state index in [0.29, 0.717) is 17.2 Å². The Morgan fingerprint density at radius 3 is 2.71 bits per heavy atom. The lowest BCUT2D eigenvalue weighted by Crippen LogP contribution is -2.40. The molecule has 2 aromatic rings. The molecule has 0 saturated heterocycles. The van der Waals surface area contributed by atoms with Gasteiger partial charge in [-0.15, -0.1) is 0 Å². The van der Waals surface area contributed by atoms with E-state index in [1.165, 1.54) is 24.8 Å². The Morgan fingerprint density at radius 1 is 1.24 bits per heavy atom. The normalized spacial score (nSPS) is 25.9. The summed E-state index contributed by atoms with van der Waals surface area (Å²) in [4.78, 5) is 4.36. The van der Waals surface area contributed by atoms with Crippen molar-refractivity contribution in [1.82, 2.24) is 20.1 Å². The number of aromatic nitrogens is 3. The molecule has 3 unspecified atom stereocenters. The van der Waals surface area contributed by atoms with E-state index in [2.05, 4.69) is 52.8 Å². The van der Waals surface area contributed by atoms with E-state index in [0.717, 1.165) is 5.16 Å². The second-order valence-corrected chi connectivity index (χ2v) is 6.84. The summed E-state index contributed by atoms with van der Waals surface area (Å²) < 4.78 is 1.86. The minimum atomic E-state index is 0.539. The van der Waals surface area contributed by atoms with Gasteiger partial charge in [0, 0.05) is 18.3 Å². The predicted octanol–water partition coefficient (Wildman–Crippen LogP) is 2.83. The molecule has 0 radical (unpaired) electrons. The summed E-state index contributed by atoms with van der Waals surface area (Å²) in [5.41, 5.74) is 1.47. The van der Waals surface area contributed by atoms with Crippen LogP contribution in [-0.4, -0.2) is 33.1 Å². The fourth-order valence-corrected chi connectivity index (χ4v) is 4.49. The summed E-state index contributed by atoms with van der Waals surface area (Å²) in [6, 6.07) is 11.4. The van der Waals surface area contributed by atoms with Gasteiger partial charge in [-0.25, -0.2) is 9.67 Å².